The van der Waals surface area contributed by atoms with Crippen molar-refractivity contribution in [2.75, 3.05) is 7.05 Å². The van der Waals surface area contributed by atoms with Crippen LogP contribution in [0.1, 0.15) is 16.7 Å². The fourth-order valence-electron chi connectivity index (χ4n) is 1.29. The summed E-state index contributed by atoms with van der Waals surface area (Å²) in [5.41, 5.74) is 3.91. The highest BCUT2D eigenvalue weighted by molar-refractivity contribution is 5.30. The van der Waals surface area contributed by atoms with E-state index in [1.807, 2.05) is 7.05 Å². The molecular formula is C10H16N2. The van der Waals surface area contributed by atoms with Gasteiger partial charge in [0.2, 0.25) is 0 Å². The first-order valence-corrected chi connectivity index (χ1v) is 4.11. The zero-order chi connectivity index (χ0) is 9.14. The summed E-state index contributed by atoms with van der Waals surface area (Å²) in [6.45, 7) is 5.03. The molecule has 0 aromatic heterocycles. The molecular weight excluding hydrogens is 148 g/mol. The lowest BCUT2D eigenvalue weighted by Crippen LogP contribution is -2.25. The molecule has 1 aromatic rings. The van der Waals surface area contributed by atoms with Crippen molar-refractivity contribution in [1.29, 1.82) is 0 Å². The van der Waals surface area contributed by atoms with Gasteiger partial charge in [0, 0.05) is 13.6 Å². The summed E-state index contributed by atoms with van der Waals surface area (Å²) in [5, 5.41) is 1.69. The topological polar surface area (TPSA) is 29.3 Å². The van der Waals surface area contributed by atoms with Crippen LogP contribution in [-0.2, 0) is 6.54 Å². The highest BCUT2D eigenvalue weighted by atomic mass is 15.4. The minimum atomic E-state index is 0.812. The van der Waals surface area contributed by atoms with E-state index in [4.69, 9.17) is 5.84 Å². The Bertz CT molecular complexity index is 267. The van der Waals surface area contributed by atoms with Crippen molar-refractivity contribution in [1.82, 2.24) is 5.01 Å². The van der Waals surface area contributed by atoms with Gasteiger partial charge >= 0.3 is 0 Å². The third kappa shape index (κ3) is 2.32. The molecule has 0 heterocycles. The molecule has 0 amide bonds. The first-order chi connectivity index (χ1) is 5.59. The Balaban J connectivity index is 2.86. The summed E-state index contributed by atoms with van der Waals surface area (Å²) < 4.78 is 0. The third-order valence-electron chi connectivity index (χ3n) is 1.92. The van der Waals surface area contributed by atoms with Crippen LogP contribution in [0, 0.1) is 13.8 Å². The van der Waals surface area contributed by atoms with Crippen LogP contribution in [0.15, 0.2) is 18.2 Å². The smallest absolute Gasteiger partial charge is 0.0378 e. The van der Waals surface area contributed by atoms with E-state index in [2.05, 4.69) is 32.0 Å². The van der Waals surface area contributed by atoms with Gasteiger partial charge in [-0.05, 0) is 25.0 Å². The van der Waals surface area contributed by atoms with Gasteiger partial charge in [0.25, 0.3) is 0 Å². The second-order valence-corrected chi connectivity index (χ2v) is 3.35. The van der Waals surface area contributed by atoms with Crippen LogP contribution in [0.25, 0.3) is 0 Å². The maximum absolute atomic E-state index is 5.56. The fraction of sp³-hybridized carbons (Fsp3) is 0.400. The van der Waals surface area contributed by atoms with Crippen LogP contribution in [0.4, 0.5) is 0 Å². The molecule has 2 heteroatoms. The summed E-state index contributed by atoms with van der Waals surface area (Å²) >= 11 is 0. The zero-order valence-corrected chi connectivity index (χ0v) is 7.96. The number of benzene rings is 1. The maximum Gasteiger partial charge on any atom is 0.0378 e. The lowest BCUT2D eigenvalue weighted by Gasteiger charge is -2.12. The summed E-state index contributed by atoms with van der Waals surface area (Å²) in [6.07, 6.45) is 0. The summed E-state index contributed by atoms with van der Waals surface area (Å²) in [6, 6.07) is 6.43. The zero-order valence-electron chi connectivity index (χ0n) is 7.96. The Morgan fingerprint density at radius 2 is 2.00 bits per heavy atom. The van der Waals surface area contributed by atoms with E-state index in [1.54, 1.807) is 5.01 Å². The number of hydrogen-bond donors (Lipinski definition) is 1. The predicted octanol–water partition coefficient (Wildman–Crippen LogP) is 1.61. The molecule has 12 heavy (non-hydrogen) atoms. The molecule has 0 aliphatic carbocycles. The fourth-order valence-corrected chi connectivity index (χ4v) is 1.29. The van der Waals surface area contributed by atoms with Gasteiger partial charge < -0.3 is 0 Å². The quantitative estimate of drug-likeness (QED) is 0.531. The maximum atomic E-state index is 5.56. The highest BCUT2D eigenvalue weighted by Crippen LogP contribution is 2.10. The van der Waals surface area contributed by atoms with Gasteiger partial charge in [-0.1, -0.05) is 23.8 Å². The Morgan fingerprint density at radius 1 is 1.33 bits per heavy atom. The molecule has 0 atom stereocenters. The Kier molecular flexibility index (Phi) is 2.84. The predicted molar refractivity (Wildman–Crippen MR) is 51.6 cm³/mol. The highest BCUT2D eigenvalue weighted by Gasteiger charge is 1.99. The van der Waals surface area contributed by atoms with E-state index < -0.39 is 0 Å². The second kappa shape index (κ2) is 3.70. The van der Waals surface area contributed by atoms with Crippen LogP contribution >= 0.6 is 0 Å². The van der Waals surface area contributed by atoms with Crippen molar-refractivity contribution >= 4 is 0 Å². The Morgan fingerprint density at radius 3 is 2.50 bits per heavy atom. The number of hydrogen-bond acceptors (Lipinski definition) is 2. The van der Waals surface area contributed by atoms with Crippen molar-refractivity contribution in [2.24, 2.45) is 5.84 Å². The van der Waals surface area contributed by atoms with E-state index >= 15 is 0 Å². The number of nitrogens with zero attached hydrogens (tertiary/aromatic N) is 1. The number of hydrazine groups is 1. The molecule has 0 aliphatic rings. The molecule has 0 unspecified atom stereocenters. The van der Waals surface area contributed by atoms with Gasteiger partial charge in [-0.3, -0.25) is 5.84 Å². The average Bonchev–Trinajstić information content (AvgIpc) is 1.94. The average molecular weight is 164 g/mol. The molecule has 0 bridgehead atoms. The van der Waals surface area contributed by atoms with Gasteiger partial charge in [0.05, 0.1) is 0 Å². The molecule has 0 fully saturated rings. The molecule has 66 valence electrons. The monoisotopic (exact) mass is 164 g/mol. The number of nitrogens with two attached hydrogens (primary N) is 1. The van der Waals surface area contributed by atoms with E-state index in [0.717, 1.165) is 6.54 Å². The molecule has 0 saturated carbocycles. The lowest BCUT2D eigenvalue weighted by molar-refractivity contribution is 0.341. The van der Waals surface area contributed by atoms with Crippen LogP contribution in [0.5, 0.6) is 0 Å². The van der Waals surface area contributed by atoms with E-state index in [1.165, 1.54) is 16.7 Å². The van der Waals surface area contributed by atoms with Gasteiger partial charge in [-0.25, -0.2) is 5.01 Å². The van der Waals surface area contributed by atoms with Crippen molar-refractivity contribution in [3.63, 3.8) is 0 Å². The van der Waals surface area contributed by atoms with Gasteiger partial charge in [0.1, 0.15) is 0 Å². The minimum Gasteiger partial charge on any atom is -0.269 e. The third-order valence-corrected chi connectivity index (χ3v) is 1.92. The van der Waals surface area contributed by atoms with Gasteiger partial charge in [-0.15, -0.1) is 0 Å². The van der Waals surface area contributed by atoms with Crippen molar-refractivity contribution < 1.29 is 0 Å². The molecule has 1 rings (SSSR count). The molecule has 0 aliphatic heterocycles. The van der Waals surface area contributed by atoms with Crippen LogP contribution in [-0.4, -0.2) is 12.1 Å². The minimum absolute atomic E-state index is 0.812. The normalized spacial score (nSPS) is 10.8. The standard InChI is InChI=1S/C10H16N2/c1-8-4-5-10(7-12(3)11)9(2)6-8/h4-6H,7,11H2,1-3H3. The first-order valence-electron chi connectivity index (χ1n) is 4.11. The van der Waals surface area contributed by atoms with Crippen molar-refractivity contribution in [2.45, 2.75) is 20.4 Å². The molecule has 0 radical (unpaired) electrons. The SMILES string of the molecule is Cc1ccc(CN(C)N)c(C)c1. The van der Waals surface area contributed by atoms with Crippen molar-refractivity contribution in [3.8, 4) is 0 Å². The summed E-state index contributed by atoms with van der Waals surface area (Å²) in [5.74, 6) is 5.56. The number of aryl methyl sites for hydroxylation is 2. The number of rotatable bonds is 2. The molecule has 0 spiro atoms. The van der Waals surface area contributed by atoms with Crippen LogP contribution in [0.2, 0.25) is 0 Å². The van der Waals surface area contributed by atoms with Gasteiger partial charge in [-0.2, -0.15) is 0 Å². The first kappa shape index (κ1) is 9.23. The van der Waals surface area contributed by atoms with Crippen LogP contribution < -0.4 is 5.84 Å². The summed E-state index contributed by atoms with van der Waals surface area (Å²) in [4.78, 5) is 0. The van der Waals surface area contributed by atoms with Crippen molar-refractivity contribution in [3.05, 3.63) is 34.9 Å². The Hall–Kier alpha value is -0.860. The largest absolute Gasteiger partial charge is 0.269 e. The van der Waals surface area contributed by atoms with E-state index in [0.29, 0.717) is 0 Å². The van der Waals surface area contributed by atoms with E-state index in [9.17, 15) is 0 Å². The molecule has 2 N–H and O–H groups in total. The second-order valence-electron chi connectivity index (χ2n) is 3.35. The molecule has 1 aromatic carbocycles. The molecule has 0 saturated heterocycles. The van der Waals surface area contributed by atoms with Gasteiger partial charge in [0.15, 0.2) is 0 Å². The molecule has 2 nitrogen and oxygen atoms in total. The Labute approximate surface area is 74.0 Å². The lowest BCUT2D eigenvalue weighted by atomic mass is 10.1. The van der Waals surface area contributed by atoms with E-state index in [-0.39, 0.29) is 0 Å². The summed E-state index contributed by atoms with van der Waals surface area (Å²) in [7, 11) is 1.87. The van der Waals surface area contributed by atoms with Crippen LogP contribution in [0.3, 0.4) is 0 Å².